The highest BCUT2D eigenvalue weighted by molar-refractivity contribution is 14.1. The largest absolute Gasteiger partial charge is 0.480 e. The minimum atomic E-state index is -0.761. The summed E-state index contributed by atoms with van der Waals surface area (Å²) in [5.74, 6) is -0.761. The maximum atomic E-state index is 10.4. The molecule has 0 spiro atoms. The van der Waals surface area contributed by atoms with Crippen molar-refractivity contribution in [3.63, 3.8) is 0 Å². The first-order valence-electron chi connectivity index (χ1n) is 3.31. The zero-order valence-electron chi connectivity index (χ0n) is 5.93. The Bertz CT molecular complexity index is 108. The van der Waals surface area contributed by atoms with Crippen LogP contribution in [0.4, 0.5) is 0 Å². The van der Waals surface area contributed by atoms with Crippen LogP contribution in [-0.4, -0.2) is 17.1 Å². The van der Waals surface area contributed by atoms with E-state index in [1.54, 1.807) is 0 Å². The van der Waals surface area contributed by atoms with Gasteiger partial charge in [0.1, 0.15) is 6.04 Å². The second-order valence-electron chi connectivity index (χ2n) is 2.14. The van der Waals surface area contributed by atoms with Crippen molar-refractivity contribution in [3.8, 4) is 0 Å². The fraction of sp³-hybridized carbons (Fsp3) is 0.833. The Kier molecular flexibility index (Phi) is 6.00. The molecule has 0 aliphatic heterocycles. The predicted molar refractivity (Wildman–Crippen MR) is 48.1 cm³/mol. The topological polar surface area (TPSA) is 49.3 Å². The Labute approximate surface area is 74.7 Å². The maximum Gasteiger partial charge on any atom is 0.321 e. The zero-order valence-corrected chi connectivity index (χ0v) is 8.09. The second kappa shape index (κ2) is 5.91. The van der Waals surface area contributed by atoms with Crippen LogP contribution in [0.2, 0.25) is 0 Å². The molecule has 0 bridgehead atoms. The summed E-state index contributed by atoms with van der Waals surface area (Å²) in [4.78, 5) is 10.4. The van der Waals surface area contributed by atoms with Gasteiger partial charge in [-0.2, -0.15) is 0 Å². The van der Waals surface area contributed by atoms with E-state index in [4.69, 9.17) is 5.11 Å². The molecule has 0 amide bonds. The predicted octanol–water partition coefficient (Wildman–Crippen LogP) is 1.57. The highest BCUT2D eigenvalue weighted by Gasteiger charge is 2.13. The van der Waals surface area contributed by atoms with Crippen LogP contribution in [0.5, 0.6) is 0 Å². The number of hydrogen-bond acceptors (Lipinski definition) is 2. The summed E-state index contributed by atoms with van der Waals surface area (Å²) >= 11 is 1.87. The molecule has 0 radical (unpaired) electrons. The van der Waals surface area contributed by atoms with Crippen LogP contribution in [0.15, 0.2) is 0 Å². The highest BCUT2D eigenvalue weighted by Crippen LogP contribution is 2.01. The molecule has 0 saturated heterocycles. The van der Waals surface area contributed by atoms with E-state index in [1.165, 1.54) is 0 Å². The molecule has 60 valence electrons. The third-order valence-corrected chi connectivity index (χ3v) is 2.03. The molecule has 2 N–H and O–H groups in total. The van der Waals surface area contributed by atoms with Crippen molar-refractivity contribution in [2.24, 2.45) is 0 Å². The van der Waals surface area contributed by atoms with Crippen LogP contribution in [-0.2, 0) is 4.79 Å². The van der Waals surface area contributed by atoms with Gasteiger partial charge in [-0.3, -0.25) is 4.79 Å². The van der Waals surface area contributed by atoms with Crippen molar-refractivity contribution < 1.29 is 9.90 Å². The summed E-state index contributed by atoms with van der Waals surface area (Å²) < 4.78 is 2.71. The normalized spacial score (nSPS) is 13.0. The van der Waals surface area contributed by atoms with Gasteiger partial charge in [0, 0.05) is 22.9 Å². The molecule has 3 nitrogen and oxygen atoms in total. The minimum absolute atomic E-state index is 0.374. The molecule has 0 unspecified atom stereocenters. The van der Waals surface area contributed by atoms with Gasteiger partial charge in [0.2, 0.25) is 0 Å². The number of aliphatic carboxylic acids is 1. The molecule has 0 aromatic heterocycles. The SMILES string of the molecule is CCCC[C@H](NI)C(=O)O. The number of unbranched alkanes of at least 4 members (excludes halogenated alkanes) is 1. The van der Waals surface area contributed by atoms with Crippen molar-refractivity contribution in [1.29, 1.82) is 0 Å². The fourth-order valence-electron chi connectivity index (χ4n) is 0.633. The molecular formula is C6H12INO2. The van der Waals surface area contributed by atoms with Gasteiger partial charge in [0.05, 0.1) is 0 Å². The van der Waals surface area contributed by atoms with Gasteiger partial charge in [-0.1, -0.05) is 19.8 Å². The summed E-state index contributed by atoms with van der Waals surface area (Å²) in [5.41, 5.74) is 0. The number of carbonyl (C=O) groups is 1. The Hall–Kier alpha value is 0.160. The lowest BCUT2D eigenvalue weighted by Gasteiger charge is -2.07. The number of hydrogen-bond donors (Lipinski definition) is 2. The lowest BCUT2D eigenvalue weighted by atomic mass is 10.1. The van der Waals surface area contributed by atoms with Gasteiger partial charge in [-0.15, -0.1) is 0 Å². The minimum Gasteiger partial charge on any atom is -0.480 e. The van der Waals surface area contributed by atoms with Crippen molar-refractivity contribution in [3.05, 3.63) is 0 Å². The number of halogens is 1. The molecule has 0 aliphatic carbocycles. The van der Waals surface area contributed by atoms with E-state index in [9.17, 15) is 4.79 Å². The van der Waals surface area contributed by atoms with E-state index >= 15 is 0 Å². The first kappa shape index (κ1) is 10.2. The van der Waals surface area contributed by atoms with Gasteiger partial charge >= 0.3 is 5.97 Å². The lowest BCUT2D eigenvalue weighted by molar-refractivity contribution is -0.138. The van der Waals surface area contributed by atoms with Gasteiger partial charge < -0.3 is 5.11 Å². The molecule has 0 heterocycles. The number of carboxylic acid groups (broad SMARTS) is 1. The zero-order chi connectivity index (χ0) is 7.98. The second-order valence-corrected chi connectivity index (χ2v) is 2.76. The average molecular weight is 257 g/mol. The van der Waals surface area contributed by atoms with Gasteiger partial charge in [-0.25, -0.2) is 3.53 Å². The van der Waals surface area contributed by atoms with E-state index in [-0.39, 0.29) is 6.04 Å². The lowest BCUT2D eigenvalue weighted by Crippen LogP contribution is -2.29. The van der Waals surface area contributed by atoms with Crippen LogP contribution in [0.25, 0.3) is 0 Å². The van der Waals surface area contributed by atoms with Crippen molar-refractivity contribution in [1.82, 2.24) is 3.53 Å². The maximum absolute atomic E-state index is 10.4. The number of nitrogens with one attached hydrogen (secondary N) is 1. The van der Waals surface area contributed by atoms with E-state index in [0.717, 1.165) is 19.3 Å². The van der Waals surface area contributed by atoms with Crippen molar-refractivity contribution in [2.45, 2.75) is 32.2 Å². The molecule has 0 aliphatic rings. The monoisotopic (exact) mass is 257 g/mol. The summed E-state index contributed by atoms with van der Waals surface area (Å²) in [7, 11) is 0. The summed E-state index contributed by atoms with van der Waals surface area (Å²) in [5, 5.41) is 8.53. The average Bonchev–Trinajstić information content (AvgIpc) is 1.89. The summed E-state index contributed by atoms with van der Waals surface area (Å²) in [6.07, 6.45) is 2.73. The van der Waals surface area contributed by atoms with Crippen LogP contribution in [0.1, 0.15) is 26.2 Å². The van der Waals surface area contributed by atoms with Crippen molar-refractivity contribution in [2.75, 3.05) is 0 Å². The smallest absolute Gasteiger partial charge is 0.321 e. The van der Waals surface area contributed by atoms with E-state index < -0.39 is 5.97 Å². The molecule has 0 saturated carbocycles. The number of carboxylic acids is 1. The Morgan fingerprint density at radius 1 is 1.80 bits per heavy atom. The molecule has 0 fully saturated rings. The Balaban J connectivity index is 3.50. The third kappa shape index (κ3) is 4.05. The summed E-state index contributed by atoms with van der Waals surface area (Å²) in [6.45, 7) is 2.05. The first-order valence-corrected chi connectivity index (χ1v) is 4.39. The standard InChI is InChI=1S/C6H12INO2/c1-2-3-4-5(8-7)6(9)10/h5,8H,2-4H2,1H3,(H,9,10)/t5-/m0/s1. The third-order valence-electron chi connectivity index (χ3n) is 1.28. The summed E-state index contributed by atoms with van der Waals surface area (Å²) in [6, 6.07) is -0.374. The van der Waals surface area contributed by atoms with Gasteiger partial charge in [0.25, 0.3) is 0 Å². The van der Waals surface area contributed by atoms with E-state index in [2.05, 4.69) is 3.53 Å². The van der Waals surface area contributed by atoms with Crippen LogP contribution in [0, 0.1) is 0 Å². The quantitative estimate of drug-likeness (QED) is 0.580. The Morgan fingerprint density at radius 3 is 2.70 bits per heavy atom. The first-order chi connectivity index (χ1) is 4.72. The van der Waals surface area contributed by atoms with Crippen LogP contribution in [0.3, 0.4) is 0 Å². The van der Waals surface area contributed by atoms with E-state index in [1.807, 2.05) is 29.8 Å². The van der Waals surface area contributed by atoms with E-state index in [0.29, 0.717) is 0 Å². The van der Waals surface area contributed by atoms with Crippen LogP contribution < -0.4 is 3.53 Å². The molecule has 0 aromatic carbocycles. The van der Waals surface area contributed by atoms with Crippen molar-refractivity contribution >= 4 is 28.8 Å². The highest BCUT2D eigenvalue weighted by atomic mass is 127. The molecule has 0 aromatic rings. The Morgan fingerprint density at radius 2 is 2.40 bits per heavy atom. The molecular weight excluding hydrogens is 245 g/mol. The molecule has 4 heteroatoms. The molecule has 10 heavy (non-hydrogen) atoms. The van der Waals surface area contributed by atoms with Gasteiger partial charge in [0.15, 0.2) is 0 Å². The number of rotatable bonds is 5. The van der Waals surface area contributed by atoms with Crippen LogP contribution >= 0.6 is 22.9 Å². The molecule has 0 rings (SSSR count). The van der Waals surface area contributed by atoms with Gasteiger partial charge in [-0.05, 0) is 6.42 Å². The fourth-order valence-corrected chi connectivity index (χ4v) is 1.21. The molecule has 1 atom stereocenters.